The normalized spacial score (nSPS) is 22.3. The number of β-amino-alcohol motifs (C(OH)–C–C–N with tert-alkyl or cyclic N) is 1. The van der Waals surface area contributed by atoms with Gasteiger partial charge in [0.1, 0.15) is 11.0 Å². The molecular weight excluding hydrogens is 190 g/mol. The maximum Gasteiger partial charge on any atom is 0.149 e. The van der Waals surface area contributed by atoms with Gasteiger partial charge in [0.25, 0.3) is 0 Å². The predicted molar refractivity (Wildman–Crippen MR) is 49.9 cm³/mol. The molecule has 70 valence electrons. The van der Waals surface area contributed by atoms with E-state index in [0.717, 1.165) is 18.8 Å². The lowest BCUT2D eigenvalue weighted by molar-refractivity contribution is 0.198. The van der Waals surface area contributed by atoms with Crippen LogP contribution in [0.2, 0.25) is 5.15 Å². The highest BCUT2D eigenvalue weighted by atomic mass is 35.5. The third-order valence-corrected chi connectivity index (χ3v) is 2.26. The molecule has 0 spiro atoms. The van der Waals surface area contributed by atoms with Gasteiger partial charge in [0.05, 0.1) is 18.5 Å². The highest BCUT2D eigenvalue weighted by molar-refractivity contribution is 6.29. The van der Waals surface area contributed by atoms with Crippen LogP contribution in [0.4, 0.5) is 5.82 Å². The molecule has 2 heterocycles. The summed E-state index contributed by atoms with van der Waals surface area (Å²) in [6.45, 7) is 1.44. The summed E-state index contributed by atoms with van der Waals surface area (Å²) in [6, 6.07) is 0. The number of anilines is 1. The van der Waals surface area contributed by atoms with E-state index in [4.69, 9.17) is 11.6 Å². The van der Waals surface area contributed by atoms with Gasteiger partial charge in [0.15, 0.2) is 0 Å². The molecule has 1 aromatic heterocycles. The molecule has 0 radical (unpaired) electrons. The highest BCUT2D eigenvalue weighted by Crippen LogP contribution is 2.18. The zero-order valence-corrected chi connectivity index (χ0v) is 7.78. The van der Waals surface area contributed by atoms with Crippen molar-refractivity contribution in [3.05, 3.63) is 17.5 Å². The molecule has 1 aliphatic rings. The van der Waals surface area contributed by atoms with E-state index in [2.05, 4.69) is 9.97 Å². The molecule has 1 atom stereocenters. The van der Waals surface area contributed by atoms with Crippen molar-refractivity contribution >= 4 is 17.4 Å². The minimum Gasteiger partial charge on any atom is -0.391 e. The molecule has 13 heavy (non-hydrogen) atoms. The summed E-state index contributed by atoms with van der Waals surface area (Å²) >= 11 is 5.70. The summed E-state index contributed by atoms with van der Waals surface area (Å²) < 4.78 is 0. The zero-order valence-electron chi connectivity index (χ0n) is 7.02. The van der Waals surface area contributed by atoms with Gasteiger partial charge in [0.2, 0.25) is 0 Å². The van der Waals surface area contributed by atoms with Crippen molar-refractivity contribution in [3.8, 4) is 0 Å². The fourth-order valence-corrected chi connectivity index (χ4v) is 1.58. The van der Waals surface area contributed by atoms with Gasteiger partial charge in [-0.3, -0.25) is 4.98 Å². The van der Waals surface area contributed by atoms with Crippen LogP contribution >= 0.6 is 11.6 Å². The number of hydrogen-bond acceptors (Lipinski definition) is 4. The Morgan fingerprint density at radius 3 is 3.00 bits per heavy atom. The first-order valence-corrected chi connectivity index (χ1v) is 4.54. The average molecular weight is 200 g/mol. The minimum absolute atomic E-state index is 0.249. The molecular formula is C8H10ClN3O. The summed E-state index contributed by atoms with van der Waals surface area (Å²) in [7, 11) is 0. The van der Waals surface area contributed by atoms with E-state index in [0.29, 0.717) is 11.7 Å². The average Bonchev–Trinajstić information content (AvgIpc) is 2.52. The van der Waals surface area contributed by atoms with Crippen molar-refractivity contribution in [2.24, 2.45) is 0 Å². The van der Waals surface area contributed by atoms with Crippen molar-refractivity contribution in [1.29, 1.82) is 0 Å². The third kappa shape index (κ3) is 1.89. The number of aromatic nitrogens is 2. The van der Waals surface area contributed by atoms with Crippen LogP contribution in [0.15, 0.2) is 12.4 Å². The first-order valence-electron chi connectivity index (χ1n) is 4.16. The Morgan fingerprint density at radius 2 is 2.38 bits per heavy atom. The van der Waals surface area contributed by atoms with Crippen molar-refractivity contribution in [3.63, 3.8) is 0 Å². The predicted octanol–water partition coefficient (Wildman–Crippen LogP) is 0.701. The Morgan fingerprint density at radius 1 is 1.54 bits per heavy atom. The SMILES string of the molecule is O[C@@H]1CCN(c2cncc(Cl)n2)C1. The molecule has 5 heteroatoms. The van der Waals surface area contributed by atoms with E-state index in [1.807, 2.05) is 4.90 Å². The van der Waals surface area contributed by atoms with Gasteiger partial charge in [-0.1, -0.05) is 11.6 Å². The van der Waals surface area contributed by atoms with E-state index in [-0.39, 0.29) is 6.10 Å². The molecule has 1 saturated heterocycles. The zero-order chi connectivity index (χ0) is 9.26. The Labute approximate surface area is 81.2 Å². The lowest BCUT2D eigenvalue weighted by Gasteiger charge is -2.15. The van der Waals surface area contributed by atoms with Crippen LogP contribution in [0.3, 0.4) is 0 Å². The molecule has 0 unspecified atom stereocenters. The highest BCUT2D eigenvalue weighted by Gasteiger charge is 2.21. The van der Waals surface area contributed by atoms with Crippen LogP contribution in [0, 0.1) is 0 Å². The van der Waals surface area contributed by atoms with E-state index in [1.165, 1.54) is 6.20 Å². The smallest absolute Gasteiger partial charge is 0.149 e. The molecule has 0 saturated carbocycles. The molecule has 0 amide bonds. The molecule has 1 fully saturated rings. The molecule has 2 rings (SSSR count). The van der Waals surface area contributed by atoms with E-state index in [1.54, 1.807) is 6.20 Å². The Bertz CT molecular complexity index is 307. The Hall–Kier alpha value is -0.870. The Kier molecular flexibility index (Phi) is 2.33. The van der Waals surface area contributed by atoms with Gasteiger partial charge in [0, 0.05) is 13.1 Å². The number of nitrogens with zero attached hydrogens (tertiary/aromatic N) is 3. The van der Waals surface area contributed by atoms with Crippen molar-refractivity contribution < 1.29 is 5.11 Å². The first-order chi connectivity index (χ1) is 6.25. The fraction of sp³-hybridized carbons (Fsp3) is 0.500. The van der Waals surface area contributed by atoms with E-state index in [9.17, 15) is 5.11 Å². The van der Waals surface area contributed by atoms with E-state index >= 15 is 0 Å². The van der Waals surface area contributed by atoms with Crippen LogP contribution in [-0.2, 0) is 0 Å². The van der Waals surface area contributed by atoms with Gasteiger partial charge in [-0.2, -0.15) is 0 Å². The number of halogens is 1. The molecule has 0 bridgehead atoms. The first kappa shape index (κ1) is 8.72. The van der Waals surface area contributed by atoms with Gasteiger partial charge in [-0.05, 0) is 6.42 Å². The lowest BCUT2D eigenvalue weighted by atomic mass is 10.3. The van der Waals surface area contributed by atoms with Crippen LogP contribution in [0.25, 0.3) is 0 Å². The van der Waals surface area contributed by atoms with Gasteiger partial charge in [-0.25, -0.2) is 4.98 Å². The molecule has 1 aliphatic heterocycles. The Balaban J connectivity index is 2.16. The number of aliphatic hydroxyl groups excluding tert-OH is 1. The van der Waals surface area contributed by atoms with Gasteiger partial charge in [-0.15, -0.1) is 0 Å². The summed E-state index contributed by atoms with van der Waals surface area (Å²) in [6.07, 6.45) is 3.69. The second-order valence-electron chi connectivity index (χ2n) is 3.09. The second-order valence-corrected chi connectivity index (χ2v) is 3.48. The van der Waals surface area contributed by atoms with E-state index < -0.39 is 0 Å². The number of hydrogen-bond donors (Lipinski definition) is 1. The van der Waals surface area contributed by atoms with Crippen LogP contribution < -0.4 is 4.90 Å². The van der Waals surface area contributed by atoms with Gasteiger partial charge < -0.3 is 10.0 Å². The summed E-state index contributed by atoms with van der Waals surface area (Å²) in [4.78, 5) is 10.0. The van der Waals surface area contributed by atoms with Crippen molar-refractivity contribution in [2.75, 3.05) is 18.0 Å². The van der Waals surface area contributed by atoms with Gasteiger partial charge >= 0.3 is 0 Å². The lowest BCUT2D eigenvalue weighted by Crippen LogP contribution is -2.22. The molecule has 0 aromatic carbocycles. The molecule has 0 aliphatic carbocycles. The molecule has 1 aromatic rings. The largest absolute Gasteiger partial charge is 0.391 e. The van der Waals surface area contributed by atoms with Crippen LogP contribution in [0.5, 0.6) is 0 Å². The summed E-state index contributed by atoms with van der Waals surface area (Å²) in [5.41, 5.74) is 0. The summed E-state index contributed by atoms with van der Waals surface area (Å²) in [5.74, 6) is 0.740. The monoisotopic (exact) mass is 199 g/mol. The molecule has 4 nitrogen and oxygen atoms in total. The maximum absolute atomic E-state index is 9.31. The fourth-order valence-electron chi connectivity index (χ4n) is 1.43. The maximum atomic E-state index is 9.31. The minimum atomic E-state index is -0.249. The quantitative estimate of drug-likeness (QED) is 0.724. The molecule has 1 N–H and O–H groups in total. The van der Waals surface area contributed by atoms with Crippen molar-refractivity contribution in [2.45, 2.75) is 12.5 Å². The number of aliphatic hydroxyl groups is 1. The van der Waals surface area contributed by atoms with Crippen molar-refractivity contribution in [1.82, 2.24) is 9.97 Å². The van der Waals surface area contributed by atoms with Crippen LogP contribution in [-0.4, -0.2) is 34.3 Å². The third-order valence-electron chi connectivity index (χ3n) is 2.08. The number of rotatable bonds is 1. The summed E-state index contributed by atoms with van der Waals surface area (Å²) in [5, 5.41) is 9.70. The second kappa shape index (κ2) is 3.47. The standard InChI is InChI=1S/C8H10ClN3O/c9-7-3-10-4-8(11-7)12-2-1-6(13)5-12/h3-4,6,13H,1-2,5H2/t6-/m1/s1. The van der Waals surface area contributed by atoms with Crippen LogP contribution in [0.1, 0.15) is 6.42 Å². The topological polar surface area (TPSA) is 49.2 Å².